The average molecular weight is 269 g/mol. The van der Waals surface area contributed by atoms with E-state index in [1.165, 1.54) is 36.9 Å². The Morgan fingerprint density at radius 3 is 3.06 bits per heavy atom. The number of nitrogens with one attached hydrogen (secondary N) is 1. The third-order valence-electron chi connectivity index (χ3n) is 3.21. The van der Waals surface area contributed by atoms with Crippen LogP contribution < -0.4 is 10.8 Å². The summed E-state index contributed by atoms with van der Waals surface area (Å²) in [6.45, 7) is 7.14. The Kier molecular flexibility index (Phi) is 5.45. The summed E-state index contributed by atoms with van der Waals surface area (Å²) in [4.78, 5) is 4.75. The van der Waals surface area contributed by atoms with Gasteiger partial charge in [-0.3, -0.25) is 0 Å². The van der Waals surface area contributed by atoms with Crippen LogP contribution in [-0.4, -0.2) is 22.7 Å². The molecule has 5 heteroatoms. The Bertz CT molecular complexity index is 379. The average Bonchev–Trinajstić information content (AvgIpc) is 2.74. The van der Waals surface area contributed by atoms with E-state index in [0.717, 1.165) is 31.9 Å². The first-order valence-electron chi connectivity index (χ1n) is 7.07. The van der Waals surface area contributed by atoms with E-state index in [1.54, 1.807) is 0 Å². The molecule has 0 fully saturated rings. The molecule has 2 heterocycles. The van der Waals surface area contributed by atoms with Gasteiger partial charge in [0, 0.05) is 26.1 Å². The van der Waals surface area contributed by atoms with E-state index < -0.39 is 0 Å². The molecule has 4 nitrogen and oxygen atoms in total. The van der Waals surface area contributed by atoms with Crippen LogP contribution in [0.25, 0.3) is 0 Å². The van der Waals surface area contributed by atoms with Gasteiger partial charge >= 0.3 is 0 Å². The van der Waals surface area contributed by atoms with Crippen molar-refractivity contribution in [1.29, 1.82) is 0 Å². The van der Waals surface area contributed by atoms with Crippen molar-refractivity contribution in [1.82, 2.24) is 9.55 Å². The topological polar surface area (TPSA) is 39.1 Å². The first-order chi connectivity index (χ1) is 8.86. The van der Waals surface area contributed by atoms with Gasteiger partial charge in [0.05, 0.1) is 8.81 Å². The van der Waals surface area contributed by atoms with Crippen molar-refractivity contribution in [3.8, 4) is 0 Å². The smallest absolute Gasteiger partial charge is 0.154 e. The Morgan fingerprint density at radius 2 is 2.28 bits per heavy atom. The van der Waals surface area contributed by atoms with Crippen molar-refractivity contribution in [2.75, 3.05) is 18.5 Å². The van der Waals surface area contributed by atoms with E-state index >= 15 is 0 Å². The molecule has 18 heavy (non-hydrogen) atoms. The highest BCUT2D eigenvalue weighted by Gasteiger charge is 2.19. The minimum Gasteiger partial charge on any atom is -0.368 e. The molecular formula is C13H24N3OP. The molecule has 0 radical (unpaired) electrons. The lowest BCUT2D eigenvalue weighted by Gasteiger charge is -2.16. The summed E-state index contributed by atoms with van der Waals surface area (Å²) in [6, 6.07) is 0. The standard InChI is InChI=1S/C13H24N3OP/c1-3-5-9-14-12-13(18-17-4-2)16-10-7-6-8-11(16)15-12/h14,18H,3-10H2,1-2H3. The predicted molar refractivity (Wildman–Crippen MR) is 78.1 cm³/mol. The van der Waals surface area contributed by atoms with Gasteiger partial charge in [-0.1, -0.05) is 13.3 Å². The van der Waals surface area contributed by atoms with Crippen molar-refractivity contribution < 1.29 is 4.52 Å². The molecule has 0 spiro atoms. The summed E-state index contributed by atoms with van der Waals surface area (Å²) in [5.74, 6) is 2.30. The molecule has 1 N–H and O–H groups in total. The largest absolute Gasteiger partial charge is 0.368 e. The molecule has 0 bridgehead atoms. The Hall–Kier alpha value is -0.600. The zero-order valence-corrected chi connectivity index (χ0v) is 12.5. The fraction of sp³-hybridized carbons (Fsp3) is 0.769. The number of unbranched alkanes of at least 4 members (excludes halogenated alkanes) is 1. The van der Waals surface area contributed by atoms with Gasteiger partial charge in [0.25, 0.3) is 0 Å². The summed E-state index contributed by atoms with van der Waals surface area (Å²) >= 11 is 0. The van der Waals surface area contributed by atoms with Crippen molar-refractivity contribution in [2.45, 2.75) is 52.5 Å². The maximum Gasteiger partial charge on any atom is 0.154 e. The van der Waals surface area contributed by atoms with E-state index in [1.807, 2.05) is 6.92 Å². The Labute approximate surface area is 111 Å². The van der Waals surface area contributed by atoms with Gasteiger partial charge < -0.3 is 14.4 Å². The fourth-order valence-electron chi connectivity index (χ4n) is 2.23. The number of fused-ring (bicyclic) bond motifs is 1. The lowest BCUT2D eigenvalue weighted by atomic mass is 10.2. The minimum absolute atomic E-state index is 0.417. The van der Waals surface area contributed by atoms with E-state index in [9.17, 15) is 0 Å². The molecule has 1 aliphatic rings. The predicted octanol–water partition coefficient (Wildman–Crippen LogP) is 2.69. The van der Waals surface area contributed by atoms with Gasteiger partial charge in [-0.2, -0.15) is 0 Å². The number of hydrogen-bond donors (Lipinski definition) is 1. The van der Waals surface area contributed by atoms with Crippen LogP contribution in [-0.2, 0) is 17.5 Å². The van der Waals surface area contributed by atoms with Crippen LogP contribution in [0.2, 0.25) is 0 Å². The molecule has 2 rings (SSSR count). The molecule has 1 aromatic heterocycles. The lowest BCUT2D eigenvalue weighted by Crippen LogP contribution is -2.21. The molecule has 0 aromatic carbocycles. The first kappa shape index (κ1) is 13.8. The van der Waals surface area contributed by atoms with E-state index in [2.05, 4.69) is 16.8 Å². The highest BCUT2D eigenvalue weighted by atomic mass is 31.1. The molecule has 1 aliphatic heterocycles. The molecule has 0 amide bonds. The van der Waals surface area contributed by atoms with E-state index in [4.69, 9.17) is 9.51 Å². The van der Waals surface area contributed by atoms with Gasteiger partial charge in [-0.05, 0) is 26.2 Å². The Morgan fingerprint density at radius 1 is 1.39 bits per heavy atom. The summed E-state index contributed by atoms with van der Waals surface area (Å²) in [5, 5.41) is 3.48. The quantitative estimate of drug-likeness (QED) is 0.611. The molecule has 0 aliphatic carbocycles. The van der Waals surface area contributed by atoms with Gasteiger partial charge in [0.1, 0.15) is 11.3 Å². The van der Waals surface area contributed by atoms with Crippen LogP contribution >= 0.6 is 8.81 Å². The maximum atomic E-state index is 5.62. The molecule has 0 saturated heterocycles. The second kappa shape index (κ2) is 7.10. The lowest BCUT2D eigenvalue weighted by molar-refractivity contribution is 0.392. The maximum absolute atomic E-state index is 5.62. The highest BCUT2D eigenvalue weighted by Crippen LogP contribution is 2.23. The van der Waals surface area contributed by atoms with Crippen molar-refractivity contribution >= 4 is 20.1 Å². The number of anilines is 1. The molecule has 0 saturated carbocycles. The number of rotatable bonds is 7. The highest BCUT2D eigenvalue weighted by molar-refractivity contribution is 7.42. The van der Waals surface area contributed by atoms with Crippen LogP contribution in [0.15, 0.2) is 0 Å². The SMILES string of the molecule is CCCCNc1nc2n(c1POCC)CCCC2. The molecule has 1 unspecified atom stereocenters. The molecule has 102 valence electrons. The van der Waals surface area contributed by atoms with Crippen LogP contribution in [0.4, 0.5) is 5.82 Å². The van der Waals surface area contributed by atoms with Gasteiger partial charge in [0.15, 0.2) is 5.82 Å². The number of aromatic nitrogens is 2. The fourth-order valence-corrected chi connectivity index (χ4v) is 3.11. The third kappa shape index (κ3) is 3.24. The van der Waals surface area contributed by atoms with Crippen LogP contribution in [0.1, 0.15) is 45.4 Å². The normalized spacial score (nSPS) is 15.2. The first-order valence-corrected chi connectivity index (χ1v) is 7.98. The summed E-state index contributed by atoms with van der Waals surface area (Å²) < 4.78 is 7.98. The minimum atomic E-state index is 0.417. The second-order valence-electron chi connectivity index (χ2n) is 4.65. The van der Waals surface area contributed by atoms with Crippen molar-refractivity contribution in [3.05, 3.63) is 5.82 Å². The van der Waals surface area contributed by atoms with Gasteiger partial charge in [-0.15, -0.1) is 0 Å². The summed E-state index contributed by atoms with van der Waals surface area (Å²) in [6.07, 6.45) is 6.05. The van der Waals surface area contributed by atoms with Gasteiger partial charge in [-0.25, -0.2) is 4.98 Å². The number of hydrogen-bond acceptors (Lipinski definition) is 3. The van der Waals surface area contributed by atoms with Crippen molar-refractivity contribution in [2.24, 2.45) is 0 Å². The van der Waals surface area contributed by atoms with Crippen LogP contribution in [0.3, 0.4) is 0 Å². The number of imidazole rings is 1. The van der Waals surface area contributed by atoms with E-state index in [-0.39, 0.29) is 0 Å². The van der Waals surface area contributed by atoms with E-state index in [0.29, 0.717) is 8.81 Å². The summed E-state index contributed by atoms with van der Waals surface area (Å²) in [7, 11) is 0.417. The van der Waals surface area contributed by atoms with Crippen LogP contribution in [0, 0.1) is 0 Å². The summed E-state index contributed by atoms with van der Waals surface area (Å²) in [5.41, 5.74) is 1.27. The molecular weight excluding hydrogens is 245 g/mol. The number of nitrogens with zero attached hydrogens (tertiary/aromatic N) is 2. The van der Waals surface area contributed by atoms with Crippen molar-refractivity contribution in [3.63, 3.8) is 0 Å². The zero-order valence-electron chi connectivity index (χ0n) is 11.5. The van der Waals surface area contributed by atoms with Crippen LogP contribution in [0.5, 0.6) is 0 Å². The zero-order chi connectivity index (χ0) is 12.8. The molecule has 1 atom stereocenters. The third-order valence-corrected chi connectivity index (χ3v) is 4.35. The second-order valence-corrected chi connectivity index (χ2v) is 5.62. The monoisotopic (exact) mass is 269 g/mol. The van der Waals surface area contributed by atoms with Gasteiger partial charge in [0.2, 0.25) is 0 Å². The number of aryl methyl sites for hydroxylation is 1. The molecule has 1 aromatic rings. The Balaban J connectivity index is 2.12.